The van der Waals surface area contributed by atoms with Crippen molar-refractivity contribution in [3.63, 3.8) is 0 Å². The van der Waals surface area contributed by atoms with E-state index in [4.69, 9.17) is 0 Å². The lowest BCUT2D eigenvalue weighted by atomic mass is 10.1. The molecular weight excluding hydrogens is 336 g/mol. The molecule has 27 heavy (non-hydrogen) atoms. The standard InChI is InChI=1S/C22H30N4O/c1-15(2)19-12-20(25-22(24-19)16(3)4)23-13-17-7-5-8-18(11-17)14-26-10-6-9-21(26)27/h5,7-8,11-12,15-16H,6,9-10,13-14H2,1-4H3,(H,23,24,25). The molecule has 144 valence electrons. The molecule has 2 aromatic rings. The van der Waals surface area contributed by atoms with Gasteiger partial charge in [-0.2, -0.15) is 0 Å². The van der Waals surface area contributed by atoms with Crippen LogP contribution < -0.4 is 5.32 Å². The Hall–Kier alpha value is -2.43. The quantitative estimate of drug-likeness (QED) is 0.786. The van der Waals surface area contributed by atoms with Gasteiger partial charge in [0, 0.05) is 43.7 Å². The highest BCUT2D eigenvalue weighted by molar-refractivity contribution is 5.78. The zero-order valence-corrected chi connectivity index (χ0v) is 16.8. The van der Waals surface area contributed by atoms with Crippen LogP contribution in [0.1, 0.15) is 75.0 Å². The Kier molecular flexibility index (Phi) is 6.09. The number of nitrogens with one attached hydrogen (secondary N) is 1. The van der Waals surface area contributed by atoms with Crippen LogP contribution in [0.5, 0.6) is 0 Å². The summed E-state index contributed by atoms with van der Waals surface area (Å²) in [5, 5.41) is 3.45. The van der Waals surface area contributed by atoms with Gasteiger partial charge >= 0.3 is 0 Å². The Morgan fingerprint density at radius 2 is 1.85 bits per heavy atom. The Balaban J connectivity index is 1.69. The minimum Gasteiger partial charge on any atom is -0.366 e. The van der Waals surface area contributed by atoms with Crippen molar-refractivity contribution in [2.75, 3.05) is 11.9 Å². The molecule has 0 radical (unpaired) electrons. The molecule has 1 aliphatic rings. The van der Waals surface area contributed by atoms with Crippen molar-refractivity contribution in [3.05, 3.63) is 53.0 Å². The minimum atomic E-state index is 0.266. The molecule has 1 aliphatic heterocycles. The summed E-state index contributed by atoms with van der Waals surface area (Å²) >= 11 is 0. The van der Waals surface area contributed by atoms with Gasteiger partial charge in [-0.1, -0.05) is 52.0 Å². The van der Waals surface area contributed by atoms with Gasteiger partial charge in [-0.3, -0.25) is 4.79 Å². The van der Waals surface area contributed by atoms with E-state index in [1.165, 1.54) is 11.1 Å². The lowest BCUT2D eigenvalue weighted by Gasteiger charge is -2.16. The molecule has 0 atom stereocenters. The number of rotatable bonds is 7. The summed E-state index contributed by atoms with van der Waals surface area (Å²) in [5.41, 5.74) is 3.44. The molecule has 0 saturated carbocycles. The molecule has 1 fully saturated rings. The van der Waals surface area contributed by atoms with Gasteiger partial charge in [0.25, 0.3) is 0 Å². The Morgan fingerprint density at radius 3 is 2.52 bits per heavy atom. The number of amides is 1. The normalized spacial score (nSPS) is 14.4. The van der Waals surface area contributed by atoms with Crippen LogP contribution in [0, 0.1) is 0 Å². The maximum atomic E-state index is 11.8. The molecular formula is C22H30N4O. The fraction of sp³-hybridized carbons (Fsp3) is 0.500. The lowest BCUT2D eigenvalue weighted by Crippen LogP contribution is -2.23. The maximum Gasteiger partial charge on any atom is 0.222 e. The maximum absolute atomic E-state index is 11.8. The number of anilines is 1. The van der Waals surface area contributed by atoms with Crippen molar-refractivity contribution in [1.82, 2.24) is 14.9 Å². The van der Waals surface area contributed by atoms with Crippen molar-refractivity contribution in [3.8, 4) is 0 Å². The molecule has 1 saturated heterocycles. The van der Waals surface area contributed by atoms with E-state index in [0.29, 0.717) is 31.3 Å². The smallest absolute Gasteiger partial charge is 0.222 e. The van der Waals surface area contributed by atoms with Gasteiger partial charge in [0.1, 0.15) is 11.6 Å². The fourth-order valence-electron chi connectivity index (χ4n) is 3.25. The van der Waals surface area contributed by atoms with Gasteiger partial charge in [-0.05, 0) is 23.5 Å². The van der Waals surface area contributed by atoms with Crippen LogP contribution in [0.4, 0.5) is 5.82 Å². The highest BCUT2D eigenvalue weighted by atomic mass is 16.2. The monoisotopic (exact) mass is 366 g/mol. The summed E-state index contributed by atoms with van der Waals surface area (Å²) in [4.78, 5) is 23.1. The first-order chi connectivity index (χ1) is 12.9. The predicted octanol–water partition coefficient (Wildman–Crippen LogP) is 4.46. The number of carbonyl (C=O) groups is 1. The van der Waals surface area contributed by atoms with Gasteiger partial charge in [-0.15, -0.1) is 0 Å². The number of hydrogen-bond donors (Lipinski definition) is 1. The van der Waals surface area contributed by atoms with Crippen molar-refractivity contribution in [2.45, 2.75) is 65.5 Å². The average Bonchev–Trinajstić information content (AvgIpc) is 3.04. The Labute approximate surface area is 162 Å². The first-order valence-corrected chi connectivity index (χ1v) is 9.90. The van der Waals surface area contributed by atoms with Crippen LogP contribution in [-0.2, 0) is 17.9 Å². The summed E-state index contributed by atoms with van der Waals surface area (Å²) in [6.45, 7) is 10.8. The third kappa shape index (κ3) is 5.06. The second-order valence-corrected chi connectivity index (χ2v) is 7.94. The number of benzene rings is 1. The molecule has 1 amide bonds. The number of carbonyl (C=O) groups excluding carboxylic acids is 1. The highest BCUT2D eigenvalue weighted by Crippen LogP contribution is 2.20. The van der Waals surface area contributed by atoms with Crippen LogP contribution in [-0.4, -0.2) is 27.3 Å². The summed E-state index contributed by atoms with van der Waals surface area (Å²) in [6, 6.07) is 10.5. The van der Waals surface area contributed by atoms with Crippen molar-refractivity contribution in [2.24, 2.45) is 0 Å². The summed E-state index contributed by atoms with van der Waals surface area (Å²) < 4.78 is 0. The molecule has 1 aromatic carbocycles. The third-order valence-electron chi connectivity index (χ3n) is 4.88. The minimum absolute atomic E-state index is 0.266. The molecule has 3 rings (SSSR count). The van der Waals surface area contributed by atoms with Crippen LogP contribution in [0.2, 0.25) is 0 Å². The van der Waals surface area contributed by atoms with E-state index in [1.807, 2.05) is 11.0 Å². The van der Waals surface area contributed by atoms with E-state index < -0.39 is 0 Å². The molecule has 1 N–H and O–H groups in total. The van der Waals surface area contributed by atoms with E-state index in [-0.39, 0.29) is 5.91 Å². The number of aromatic nitrogens is 2. The number of nitrogens with zero attached hydrogens (tertiary/aromatic N) is 3. The van der Waals surface area contributed by atoms with Gasteiger partial charge < -0.3 is 10.2 Å². The summed E-state index contributed by atoms with van der Waals surface area (Å²) in [6.07, 6.45) is 1.66. The van der Waals surface area contributed by atoms with Crippen LogP contribution in [0.3, 0.4) is 0 Å². The largest absolute Gasteiger partial charge is 0.366 e. The number of hydrogen-bond acceptors (Lipinski definition) is 4. The zero-order chi connectivity index (χ0) is 19.4. The summed E-state index contributed by atoms with van der Waals surface area (Å²) in [5.74, 6) is 2.68. The van der Waals surface area contributed by atoms with Crippen LogP contribution in [0.15, 0.2) is 30.3 Å². The van der Waals surface area contributed by atoms with Crippen LogP contribution >= 0.6 is 0 Å². The Bertz CT molecular complexity index is 774. The summed E-state index contributed by atoms with van der Waals surface area (Å²) in [7, 11) is 0. The Morgan fingerprint density at radius 1 is 1.07 bits per heavy atom. The van der Waals surface area contributed by atoms with Crippen molar-refractivity contribution < 1.29 is 4.79 Å². The van der Waals surface area contributed by atoms with Crippen LogP contribution in [0.25, 0.3) is 0 Å². The van der Waals surface area contributed by atoms with E-state index in [2.05, 4.69) is 67.2 Å². The van der Waals surface area contributed by atoms with Crippen molar-refractivity contribution in [1.29, 1.82) is 0 Å². The molecule has 0 unspecified atom stereocenters. The molecule has 5 nitrogen and oxygen atoms in total. The molecule has 0 aliphatic carbocycles. The van der Waals surface area contributed by atoms with Gasteiger partial charge in [0.15, 0.2) is 0 Å². The molecule has 0 bridgehead atoms. The molecule has 5 heteroatoms. The van der Waals surface area contributed by atoms with Gasteiger partial charge in [0.05, 0.1) is 0 Å². The van der Waals surface area contributed by atoms with Gasteiger partial charge in [0.2, 0.25) is 5.91 Å². The second kappa shape index (κ2) is 8.51. The van der Waals surface area contributed by atoms with E-state index in [0.717, 1.165) is 30.3 Å². The predicted molar refractivity (Wildman–Crippen MR) is 109 cm³/mol. The second-order valence-electron chi connectivity index (χ2n) is 7.94. The lowest BCUT2D eigenvalue weighted by molar-refractivity contribution is -0.128. The first-order valence-electron chi connectivity index (χ1n) is 9.90. The van der Waals surface area contributed by atoms with Gasteiger partial charge in [-0.25, -0.2) is 9.97 Å². The third-order valence-corrected chi connectivity index (χ3v) is 4.88. The molecule has 1 aromatic heterocycles. The van der Waals surface area contributed by atoms with E-state index in [9.17, 15) is 4.79 Å². The molecule has 2 heterocycles. The fourth-order valence-corrected chi connectivity index (χ4v) is 3.25. The number of likely N-dealkylation sites (tertiary alicyclic amines) is 1. The SMILES string of the molecule is CC(C)c1cc(NCc2cccc(CN3CCCC3=O)c2)nc(C(C)C)n1. The van der Waals surface area contributed by atoms with E-state index >= 15 is 0 Å². The highest BCUT2D eigenvalue weighted by Gasteiger charge is 2.20. The molecule has 0 spiro atoms. The zero-order valence-electron chi connectivity index (χ0n) is 16.8. The van der Waals surface area contributed by atoms with Crippen molar-refractivity contribution >= 4 is 11.7 Å². The topological polar surface area (TPSA) is 58.1 Å². The average molecular weight is 367 g/mol. The van der Waals surface area contributed by atoms with E-state index in [1.54, 1.807) is 0 Å². The first kappa shape index (κ1) is 19.3.